The number of aliphatic carboxylic acids is 1. The van der Waals surface area contributed by atoms with Gasteiger partial charge in [0.25, 0.3) is 0 Å². The van der Waals surface area contributed by atoms with Crippen molar-refractivity contribution in [1.29, 1.82) is 0 Å². The third kappa shape index (κ3) is 7.72. The second-order valence-corrected chi connectivity index (χ2v) is 7.47. The molecule has 0 saturated carbocycles. The van der Waals surface area contributed by atoms with Crippen LogP contribution in [0.15, 0.2) is 78.0 Å². The predicted molar refractivity (Wildman–Crippen MR) is 124 cm³/mol. The smallest absolute Gasteiger partial charge is 0.304 e. The zero-order chi connectivity index (χ0) is 21.9. The molecule has 0 unspecified atom stereocenters. The number of rotatable bonds is 11. The van der Waals surface area contributed by atoms with E-state index in [1.807, 2.05) is 24.3 Å². The van der Waals surface area contributed by atoms with Gasteiger partial charge in [0.05, 0.1) is 6.42 Å². The summed E-state index contributed by atoms with van der Waals surface area (Å²) in [5.74, 6) is -0.788. The third-order valence-corrected chi connectivity index (χ3v) is 4.91. The molecule has 0 aliphatic heterocycles. The van der Waals surface area contributed by atoms with Gasteiger partial charge < -0.3 is 15.3 Å². The quantitative estimate of drug-likeness (QED) is 0.263. The number of aryl methyl sites for hydroxylation is 1. The molecule has 5 heteroatoms. The first-order chi connectivity index (χ1) is 15.1. The summed E-state index contributed by atoms with van der Waals surface area (Å²) < 4.78 is 0. The third-order valence-electron chi connectivity index (χ3n) is 4.91. The van der Waals surface area contributed by atoms with Gasteiger partial charge in [0.15, 0.2) is 0 Å². The Morgan fingerprint density at radius 2 is 1.48 bits per heavy atom. The molecule has 3 rings (SSSR count). The van der Waals surface area contributed by atoms with Gasteiger partial charge in [-0.15, -0.1) is 0 Å². The zero-order valence-corrected chi connectivity index (χ0v) is 17.8. The molecule has 0 atom stereocenters. The van der Waals surface area contributed by atoms with Gasteiger partial charge in [-0.3, -0.25) is 4.79 Å². The van der Waals surface area contributed by atoms with Crippen LogP contribution >= 0.6 is 0 Å². The lowest BCUT2D eigenvalue weighted by Crippen LogP contribution is -2.17. The van der Waals surface area contributed by atoms with Gasteiger partial charge >= 0.3 is 5.97 Å². The van der Waals surface area contributed by atoms with E-state index >= 15 is 0 Å². The van der Waals surface area contributed by atoms with Gasteiger partial charge in [0.2, 0.25) is 0 Å². The summed E-state index contributed by atoms with van der Waals surface area (Å²) in [5, 5.41) is 15.8. The van der Waals surface area contributed by atoms with Gasteiger partial charge in [0.1, 0.15) is 6.61 Å². The van der Waals surface area contributed by atoms with E-state index in [4.69, 9.17) is 9.94 Å². The van der Waals surface area contributed by atoms with Gasteiger partial charge in [-0.25, -0.2) is 0 Å². The minimum Gasteiger partial charge on any atom is -0.481 e. The number of carboxylic acids is 1. The lowest BCUT2D eigenvalue weighted by atomic mass is 10.0. The van der Waals surface area contributed by atoms with E-state index in [0.717, 1.165) is 16.7 Å². The Labute approximate surface area is 183 Å². The molecule has 2 N–H and O–H groups in total. The van der Waals surface area contributed by atoms with Crippen LogP contribution in [0.5, 0.6) is 0 Å². The lowest BCUT2D eigenvalue weighted by Gasteiger charge is -2.05. The molecule has 3 aromatic carbocycles. The van der Waals surface area contributed by atoms with Crippen molar-refractivity contribution in [3.8, 4) is 11.1 Å². The summed E-state index contributed by atoms with van der Waals surface area (Å²) in [6, 6.07) is 25.0. The summed E-state index contributed by atoms with van der Waals surface area (Å²) in [4.78, 5) is 15.9. The van der Waals surface area contributed by atoms with Crippen molar-refractivity contribution < 1.29 is 14.7 Å². The Morgan fingerprint density at radius 3 is 2.13 bits per heavy atom. The number of hydrogen-bond acceptors (Lipinski definition) is 4. The van der Waals surface area contributed by atoms with E-state index in [9.17, 15) is 4.79 Å². The number of nitrogens with one attached hydrogen (secondary N) is 1. The van der Waals surface area contributed by atoms with Gasteiger partial charge in [-0.2, -0.15) is 0 Å². The highest BCUT2D eigenvalue weighted by atomic mass is 16.6. The molecule has 0 amide bonds. The molecule has 31 heavy (non-hydrogen) atoms. The number of carboxylic acid groups (broad SMARTS) is 1. The van der Waals surface area contributed by atoms with Crippen molar-refractivity contribution in [2.75, 3.05) is 6.54 Å². The second kappa shape index (κ2) is 11.7. The molecule has 160 valence electrons. The first kappa shape index (κ1) is 22.2. The summed E-state index contributed by atoms with van der Waals surface area (Å²) in [6.45, 7) is 3.65. The highest BCUT2D eigenvalue weighted by molar-refractivity contribution is 5.66. The van der Waals surface area contributed by atoms with Gasteiger partial charge in [0, 0.05) is 25.7 Å². The fourth-order valence-electron chi connectivity index (χ4n) is 3.07. The van der Waals surface area contributed by atoms with Crippen LogP contribution < -0.4 is 5.32 Å². The fourth-order valence-corrected chi connectivity index (χ4v) is 3.07. The van der Waals surface area contributed by atoms with E-state index in [0.29, 0.717) is 26.1 Å². The van der Waals surface area contributed by atoms with Crippen LogP contribution in [-0.2, 0) is 29.2 Å². The van der Waals surface area contributed by atoms with Crippen molar-refractivity contribution in [3.63, 3.8) is 0 Å². The highest BCUT2D eigenvalue weighted by Crippen LogP contribution is 2.20. The Morgan fingerprint density at radius 1 is 0.903 bits per heavy atom. The molecule has 0 aliphatic rings. The molecular weight excluding hydrogens is 388 g/mol. The molecule has 0 bridgehead atoms. The Kier molecular flexibility index (Phi) is 8.38. The second-order valence-electron chi connectivity index (χ2n) is 7.47. The first-order valence-electron chi connectivity index (χ1n) is 10.4. The van der Waals surface area contributed by atoms with E-state index in [-0.39, 0.29) is 6.42 Å². The summed E-state index contributed by atoms with van der Waals surface area (Å²) >= 11 is 0. The maximum atomic E-state index is 10.5. The standard InChI is InChI=1S/C26H28N2O3/c1-20-2-10-24(11-3-20)25-12-8-23(9-13-25)19-31-28-17-14-21-4-6-22(7-5-21)18-27-16-15-26(29)30/h2-13,17,27H,14-16,18-19H2,1H3,(H,29,30). The highest BCUT2D eigenvalue weighted by Gasteiger charge is 1.99. The predicted octanol–water partition coefficient (Wildman–Crippen LogP) is 4.97. The Hall–Kier alpha value is -3.44. The topological polar surface area (TPSA) is 70.9 Å². The number of nitrogens with zero attached hydrogens (tertiary/aromatic N) is 1. The summed E-state index contributed by atoms with van der Waals surface area (Å²) in [5.41, 5.74) is 6.99. The summed E-state index contributed by atoms with van der Waals surface area (Å²) in [6.07, 6.45) is 2.59. The van der Waals surface area contributed by atoms with Crippen LogP contribution in [0.25, 0.3) is 11.1 Å². The Bertz CT molecular complexity index is 979. The van der Waals surface area contributed by atoms with E-state index in [2.05, 4.69) is 65.9 Å². The maximum Gasteiger partial charge on any atom is 0.304 e. The van der Waals surface area contributed by atoms with Crippen LogP contribution in [0.3, 0.4) is 0 Å². The molecule has 3 aromatic rings. The van der Waals surface area contributed by atoms with Crippen LogP contribution in [0.1, 0.15) is 28.7 Å². The molecule has 0 radical (unpaired) electrons. The summed E-state index contributed by atoms with van der Waals surface area (Å²) in [7, 11) is 0. The van der Waals surface area contributed by atoms with Gasteiger partial charge in [-0.1, -0.05) is 83.5 Å². The largest absolute Gasteiger partial charge is 0.481 e. The number of oxime groups is 1. The molecule has 0 spiro atoms. The monoisotopic (exact) mass is 416 g/mol. The van der Waals surface area contributed by atoms with Gasteiger partial charge in [-0.05, 0) is 34.7 Å². The van der Waals surface area contributed by atoms with Crippen LogP contribution in [0.2, 0.25) is 0 Å². The van der Waals surface area contributed by atoms with Crippen molar-refractivity contribution in [3.05, 3.63) is 95.1 Å². The van der Waals surface area contributed by atoms with Crippen LogP contribution in [0, 0.1) is 6.92 Å². The zero-order valence-electron chi connectivity index (χ0n) is 17.8. The number of carbonyl (C=O) groups is 1. The first-order valence-corrected chi connectivity index (χ1v) is 10.4. The average Bonchev–Trinajstić information content (AvgIpc) is 2.78. The lowest BCUT2D eigenvalue weighted by molar-refractivity contribution is -0.136. The fraction of sp³-hybridized carbons (Fsp3) is 0.231. The number of benzene rings is 3. The maximum absolute atomic E-state index is 10.5. The molecule has 0 heterocycles. The van der Waals surface area contributed by atoms with Crippen molar-refractivity contribution in [2.45, 2.75) is 32.9 Å². The number of hydrogen-bond donors (Lipinski definition) is 2. The van der Waals surface area contributed by atoms with E-state index in [1.54, 1.807) is 6.21 Å². The molecule has 0 fully saturated rings. The molecular formula is C26H28N2O3. The van der Waals surface area contributed by atoms with Crippen molar-refractivity contribution >= 4 is 12.2 Å². The van der Waals surface area contributed by atoms with Crippen molar-refractivity contribution in [1.82, 2.24) is 5.32 Å². The average molecular weight is 417 g/mol. The molecule has 0 aliphatic carbocycles. The normalized spacial score (nSPS) is 11.0. The minimum atomic E-state index is -0.788. The SMILES string of the molecule is Cc1ccc(-c2ccc(CON=CCc3ccc(CNCCC(=O)O)cc3)cc2)cc1. The molecule has 0 saturated heterocycles. The molecule has 0 aromatic heterocycles. The minimum absolute atomic E-state index is 0.130. The van der Waals surface area contributed by atoms with Crippen LogP contribution in [0.4, 0.5) is 0 Å². The Balaban J connectivity index is 1.38. The van der Waals surface area contributed by atoms with Crippen LogP contribution in [-0.4, -0.2) is 23.8 Å². The molecule has 5 nitrogen and oxygen atoms in total. The van der Waals surface area contributed by atoms with Crippen molar-refractivity contribution in [2.24, 2.45) is 5.16 Å². The van der Waals surface area contributed by atoms with E-state index in [1.165, 1.54) is 16.7 Å². The van der Waals surface area contributed by atoms with E-state index < -0.39 is 5.97 Å².